The summed E-state index contributed by atoms with van der Waals surface area (Å²) in [5, 5.41) is 12.1. The van der Waals surface area contributed by atoms with Crippen LogP contribution in [0.2, 0.25) is 0 Å². The van der Waals surface area contributed by atoms with Crippen molar-refractivity contribution in [2.75, 3.05) is 17.7 Å². The molecule has 3 nitrogen and oxygen atoms in total. The Kier molecular flexibility index (Phi) is 5.28. The van der Waals surface area contributed by atoms with Gasteiger partial charge in [-0.3, -0.25) is 0 Å². The van der Waals surface area contributed by atoms with E-state index in [0.717, 1.165) is 0 Å². The van der Waals surface area contributed by atoms with Gasteiger partial charge in [0, 0.05) is 12.2 Å². The van der Waals surface area contributed by atoms with E-state index in [1.807, 2.05) is 0 Å². The van der Waals surface area contributed by atoms with Crippen molar-refractivity contribution in [3.8, 4) is 5.75 Å². The van der Waals surface area contributed by atoms with Crippen molar-refractivity contribution in [3.05, 3.63) is 24.3 Å². The third-order valence-electron chi connectivity index (χ3n) is 1.80. The first-order chi connectivity index (χ1) is 7.61. The molecule has 0 spiro atoms. The smallest absolute Gasteiger partial charge is 0.387 e. The highest BCUT2D eigenvalue weighted by atomic mass is 35.5. The maximum Gasteiger partial charge on any atom is 0.387 e. The summed E-state index contributed by atoms with van der Waals surface area (Å²) in [5.41, 5.74) is 0.700. The fourth-order valence-corrected chi connectivity index (χ4v) is 1.15. The SMILES string of the molecule is OC(CCl)CNc1ccc(OC(F)F)cc1. The Morgan fingerprint density at radius 2 is 1.94 bits per heavy atom. The molecule has 0 saturated heterocycles. The predicted octanol–water partition coefficient (Wildman–Crippen LogP) is 2.30. The summed E-state index contributed by atoms with van der Waals surface area (Å²) in [6.45, 7) is -2.52. The van der Waals surface area contributed by atoms with Crippen LogP contribution < -0.4 is 10.1 Å². The molecule has 0 aliphatic carbocycles. The maximum atomic E-state index is 11.8. The molecule has 1 aromatic carbocycles. The monoisotopic (exact) mass is 251 g/mol. The van der Waals surface area contributed by atoms with E-state index >= 15 is 0 Å². The number of benzene rings is 1. The van der Waals surface area contributed by atoms with Crippen LogP contribution >= 0.6 is 11.6 Å². The van der Waals surface area contributed by atoms with Gasteiger partial charge >= 0.3 is 6.61 Å². The van der Waals surface area contributed by atoms with Crippen LogP contribution in [0.15, 0.2) is 24.3 Å². The Morgan fingerprint density at radius 1 is 1.31 bits per heavy atom. The molecule has 0 aromatic heterocycles. The zero-order valence-corrected chi connectivity index (χ0v) is 9.12. The molecular formula is C10H12ClF2NO2. The highest BCUT2D eigenvalue weighted by Crippen LogP contribution is 2.17. The van der Waals surface area contributed by atoms with Crippen LogP contribution in [0.3, 0.4) is 0 Å². The molecule has 0 amide bonds. The quantitative estimate of drug-likeness (QED) is 0.763. The van der Waals surface area contributed by atoms with E-state index < -0.39 is 12.7 Å². The minimum absolute atomic E-state index is 0.0958. The van der Waals surface area contributed by atoms with Crippen LogP contribution in [0.25, 0.3) is 0 Å². The third-order valence-corrected chi connectivity index (χ3v) is 2.16. The van der Waals surface area contributed by atoms with Crippen molar-refractivity contribution >= 4 is 17.3 Å². The van der Waals surface area contributed by atoms with Gasteiger partial charge in [0.05, 0.1) is 12.0 Å². The highest BCUT2D eigenvalue weighted by Gasteiger charge is 2.04. The second-order valence-corrected chi connectivity index (χ2v) is 3.40. The predicted molar refractivity (Wildman–Crippen MR) is 58.3 cm³/mol. The lowest BCUT2D eigenvalue weighted by molar-refractivity contribution is -0.0498. The summed E-state index contributed by atoms with van der Waals surface area (Å²) in [7, 11) is 0. The molecule has 0 bridgehead atoms. The zero-order chi connectivity index (χ0) is 12.0. The average molecular weight is 252 g/mol. The van der Waals surface area contributed by atoms with Crippen LogP contribution in [-0.4, -0.2) is 30.2 Å². The van der Waals surface area contributed by atoms with Crippen molar-refractivity contribution in [3.63, 3.8) is 0 Å². The van der Waals surface area contributed by atoms with Gasteiger partial charge in [-0.05, 0) is 24.3 Å². The Balaban J connectivity index is 2.45. The lowest BCUT2D eigenvalue weighted by Gasteiger charge is -2.10. The molecule has 2 N–H and O–H groups in total. The fraction of sp³-hybridized carbons (Fsp3) is 0.400. The molecule has 0 fully saturated rings. The molecule has 0 aliphatic heterocycles. The number of ether oxygens (including phenoxy) is 1. The summed E-state index contributed by atoms with van der Waals surface area (Å²) in [6, 6.07) is 6.00. The number of hydrogen-bond acceptors (Lipinski definition) is 3. The van der Waals surface area contributed by atoms with Gasteiger partial charge in [-0.15, -0.1) is 11.6 Å². The van der Waals surface area contributed by atoms with E-state index in [4.69, 9.17) is 11.6 Å². The molecule has 6 heteroatoms. The number of aliphatic hydroxyl groups is 1. The minimum Gasteiger partial charge on any atom is -0.435 e. The Bertz CT molecular complexity index is 308. The van der Waals surface area contributed by atoms with Crippen molar-refractivity contribution in [2.45, 2.75) is 12.7 Å². The molecule has 0 radical (unpaired) electrons. The number of nitrogens with one attached hydrogen (secondary N) is 1. The summed E-state index contributed by atoms with van der Waals surface area (Å²) >= 11 is 5.41. The first kappa shape index (κ1) is 13.0. The minimum atomic E-state index is -2.82. The lowest BCUT2D eigenvalue weighted by atomic mass is 10.3. The number of rotatable bonds is 6. The van der Waals surface area contributed by atoms with Gasteiger partial charge in [-0.2, -0.15) is 8.78 Å². The molecule has 16 heavy (non-hydrogen) atoms. The molecule has 90 valence electrons. The van der Waals surface area contributed by atoms with E-state index in [9.17, 15) is 13.9 Å². The standard InChI is InChI=1S/C10H12ClF2NO2/c11-5-8(15)6-14-7-1-3-9(4-2-7)16-10(12)13/h1-4,8,10,14-15H,5-6H2. The molecule has 0 saturated carbocycles. The first-order valence-electron chi connectivity index (χ1n) is 4.64. The van der Waals surface area contributed by atoms with Gasteiger partial charge in [0.1, 0.15) is 5.75 Å². The molecular weight excluding hydrogens is 240 g/mol. The molecule has 1 atom stereocenters. The number of hydrogen-bond donors (Lipinski definition) is 2. The summed E-state index contributed by atoms with van der Waals surface area (Å²) in [5.74, 6) is 0.234. The van der Waals surface area contributed by atoms with E-state index in [1.165, 1.54) is 12.1 Å². The number of anilines is 1. The van der Waals surface area contributed by atoms with Crippen molar-refractivity contribution in [1.82, 2.24) is 0 Å². The molecule has 1 aromatic rings. The second-order valence-electron chi connectivity index (χ2n) is 3.09. The largest absolute Gasteiger partial charge is 0.435 e. The van der Waals surface area contributed by atoms with Gasteiger partial charge in [0.2, 0.25) is 0 Å². The molecule has 1 rings (SSSR count). The van der Waals surface area contributed by atoms with Crippen LogP contribution in [0.5, 0.6) is 5.75 Å². The topological polar surface area (TPSA) is 41.5 Å². The van der Waals surface area contributed by atoms with Gasteiger partial charge < -0.3 is 15.2 Å². The van der Waals surface area contributed by atoms with Crippen molar-refractivity contribution in [1.29, 1.82) is 0 Å². The van der Waals surface area contributed by atoms with Gasteiger partial charge in [-0.1, -0.05) is 0 Å². The van der Waals surface area contributed by atoms with Gasteiger partial charge in [0.25, 0.3) is 0 Å². The molecule has 0 aliphatic rings. The van der Waals surface area contributed by atoms with Gasteiger partial charge in [0.15, 0.2) is 0 Å². The molecule has 0 heterocycles. The number of aliphatic hydroxyl groups excluding tert-OH is 1. The summed E-state index contributed by atoms with van der Waals surface area (Å²) < 4.78 is 27.9. The van der Waals surface area contributed by atoms with E-state index in [0.29, 0.717) is 12.2 Å². The molecule has 1 unspecified atom stereocenters. The Morgan fingerprint density at radius 3 is 2.44 bits per heavy atom. The summed E-state index contributed by atoms with van der Waals surface area (Å²) in [6.07, 6.45) is -0.640. The second kappa shape index (κ2) is 6.50. The average Bonchev–Trinajstić information content (AvgIpc) is 2.27. The fourth-order valence-electron chi connectivity index (χ4n) is 1.04. The van der Waals surface area contributed by atoms with E-state index in [2.05, 4.69) is 10.1 Å². The van der Waals surface area contributed by atoms with Crippen LogP contribution in [-0.2, 0) is 0 Å². The van der Waals surface area contributed by atoms with Crippen LogP contribution in [0.4, 0.5) is 14.5 Å². The lowest BCUT2D eigenvalue weighted by Crippen LogP contribution is -2.20. The first-order valence-corrected chi connectivity index (χ1v) is 5.18. The third kappa shape index (κ3) is 4.63. The van der Waals surface area contributed by atoms with Gasteiger partial charge in [-0.25, -0.2) is 0 Å². The van der Waals surface area contributed by atoms with Crippen molar-refractivity contribution < 1.29 is 18.6 Å². The highest BCUT2D eigenvalue weighted by molar-refractivity contribution is 6.18. The van der Waals surface area contributed by atoms with Crippen LogP contribution in [0, 0.1) is 0 Å². The number of halogens is 3. The van der Waals surface area contributed by atoms with Crippen molar-refractivity contribution in [2.24, 2.45) is 0 Å². The Labute approximate surface area is 97.0 Å². The maximum absolute atomic E-state index is 11.8. The van der Waals surface area contributed by atoms with E-state index in [1.54, 1.807) is 12.1 Å². The van der Waals surface area contributed by atoms with Crippen LogP contribution in [0.1, 0.15) is 0 Å². The summed E-state index contributed by atoms with van der Waals surface area (Å²) in [4.78, 5) is 0. The Hall–Kier alpha value is -1.07. The van der Waals surface area contributed by atoms with E-state index in [-0.39, 0.29) is 11.6 Å². The number of alkyl halides is 3. The normalized spacial score (nSPS) is 12.6. The zero-order valence-electron chi connectivity index (χ0n) is 8.37.